The SMILES string of the molecule is CNC(=O)CNS(=O)(=O)c1ccc(Br)cc1Br. The van der Waals surface area contributed by atoms with Crippen LogP contribution in [0.3, 0.4) is 0 Å². The van der Waals surface area contributed by atoms with Crippen molar-refractivity contribution in [2.45, 2.75) is 4.90 Å². The predicted molar refractivity (Wildman–Crippen MR) is 71.1 cm³/mol. The van der Waals surface area contributed by atoms with Crippen molar-refractivity contribution in [3.63, 3.8) is 0 Å². The van der Waals surface area contributed by atoms with Crippen molar-refractivity contribution < 1.29 is 13.2 Å². The quantitative estimate of drug-likeness (QED) is 0.818. The number of carbonyl (C=O) groups is 1. The first-order chi connectivity index (χ1) is 7.86. The maximum Gasteiger partial charge on any atom is 0.242 e. The average Bonchev–Trinajstić information content (AvgIpc) is 2.25. The molecule has 1 aromatic rings. The lowest BCUT2D eigenvalue weighted by atomic mass is 10.4. The van der Waals surface area contributed by atoms with Gasteiger partial charge in [0.05, 0.1) is 11.4 Å². The second kappa shape index (κ2) is 5.94. The van der Waals surface area contributed by atoms with E-state index in [1.807, 2.05) is 0 Å². The molecule has 0 saturated carbocycles. The van der Waals surface area contributed by atoms with Gasteiger partial charge in [0.15, 0.2) is 0 Å². The van der Waals surface area contributed by atoms with Crippen LogP contribution in [-0.4, -0.2) is 27.9 Å². The van der Waals surface area contributed by atoms with Gasteiger partial charge < -0.3 is 5.32 Å². The zero-order valence-electron chi connectivity index (χ0n) is 8.83. The minimum Gasteiger partial charge on any atom is -0.358 e. The molecule has 1 aromatic carbocycles. The van der Waals surface area contributed by atoms with Crippen molar-refractivity contribution in [1.82, 2.24) is 10.0 Å². The van der Waals surface area contributed by atoms with Crippen LogP contribution < -0.4 is 10.0 Å². The van der Waals surface area contributed by atoms with Crippen molar-refractivity contribution in [2.75, 3.05) is 13.6 Å². The van der Waals surface area contributed by atoms with E-state index >= 15 is 0 Å². The van der Waals surface area contributed by atoms with Gasteiger partial charge in [-0.05, 0) is 34.1 Å². The first-order valence-electron chi connectivity index (χ1n) is 4.52. The minimum atomic E-state index is -3.69. The molecule has 0 bridgehead atoms. The molecule has 2 N–H and O–H groups in total. The molecule has 17 heavy (non-hydrogen) atoms. The number of nitrogens with one attached hydrogen (secondary N) is 2. The smallest absolute Gasteiger partial charge is 0.242 e. The van der Waals surface area contributed by atoms with Crippen molar-refractivity contribution >= 4 is 47.8 Å². The van der Waals surface area contributed by atoms with Crippen molar-refractivity contribution in [3.05, 3.63) is 27.1 Å². The van der Waals surface area contributed by atoms with Gasteiger partial charge in [0.2, 0.25) is 15.9 Å². The van der Waals surface area contributed by atoms with E-state index in [1.165, 1.54) is 13.1 Å². The first-order valence-corrected chi connectivity index (χ1v) is 7.59. The molecule has 5 nitrogen and oxygen atoms in total. The number of carbonyl (C=O) groups excluding carboxylic acids is 1. The van der Waals surface area contributed by atoms with Crippen molar-refractivity contribution in [3.8, 4) is 0 Å². The molecule has 0 saturated heterocycles. The second-order valence-electron chi connectivity index (χ2n) is 3.07. The molecule has 8 heteroatoms. The molecule has 0 spiro atoms. The van der Waals surface area contributed by atoms with Gasteiger partial charge >= 0.3 is 0 Å². The third kappa shape index (κ3) is 4.06. The Hall–Kier alpha value is -0.440. The summed E-state index contributed by atoms with van der Waals surface area (Å²) in [5.74, 6) is -0.401. The maximum atomic E-state index is 11.8. The van der Waals surface area contributed by atoms with Crippen molar-refractivity contribution in [2.24, 2.45) is 0 Å². The largest absolute Gasteiger partial charge is 0.358 e. The van der Waals surface area contributed by atoms with Crippen LogP contribution in [0.1, 0.15) is 0 Å². The molecule has 0 unspecified atom stereocenters. The van der Waals surface area contributed by atoms with Crippen LogP contribution in [-0.2, 0) is 14.8 Å². The van der Waals surface area contributed by atoms with Gasteiger partial charge in [0, 0.05) is 16.0 Å². The molecule has 0 fully saturated rings. The van der Waals surface area contributed by atoms with E-state index in [0.29, 0.717) is 4.47 Å². The number of halogens is 2. The summed E-state index contributed by atoms with van der Waals surface area (Å²) in [5.41, 5.74) is 0. The van der Waals surface area contributed by atoms with Crippen LogP contribution in [0.5, 0.6) is 0 Å². The Kier molecular flexibility index (Phi) is 5.11. The predicted octanol–water partition coefficient (Wildman–Crippen LogP) is 1.24. The molecule has 0 aliphatic heterocycles. The van der Waals surface area contributed by atoms with Crippen LogP contribution in [0.15, 0.2) is 32.0 Å². The summed E-state index contributed by atoms with van der Waals surface area (Å²) in [6.45, 7) is -0.290. The Morgan fingerprint density at radius 3 is 2.53 bits per heavy atom. The van der Waals surface area contributed by atoms with E-state index in [2.05, 4.69) is 41.9 Å². The van der Waals surface area contributed by atoms with Gasteiger partial charge in [-0.3, -0.25) is 4.79 Å². The third-order valence-electron chi connectivity index (χ3n) is 1.89. The van der Waals surface area contributed by atoms with Gasteiger partial charge in [0.25, 0.3) is 0 Å². The number of benzene rings is 1. The van der Waals surface area contributed by atoms with Gasteiger partial charge in [-0.15, -0.1) is 0 Å². The Morgan fingerprint density at radius 2 is 2.00 bits per heavy atom. The third-order valence-corrected chi connectivity index (χ3v) is 4.76. The molecule has 0 aromatic heterocycles. The maximum absolute atomic E-state index is 11.8. The summed E-state index contributed by atoms with van der Waals surface area (Å²) >= 11 is 6.38. The van der Waals surface area contributed by atoms with E-state index in [-0.39, 0.29) is 11.4 Å². The summed E-state index contributed by atoms with van der Waals surface area (Å²) in [6.07, 6.45) is 0. The average molecular weight is 386 g/mol. The Bertz CT molecular complexity index is 531. The molecule has 0 radical (unpaired) electrons. The Morgan fingerprint density at radius 1 is 1.35 bits per heavy atom. The number of sulfonamides is 1. The van der Waals surface area contributed by atoms with Crippen LogP contribution in [0.4, 0.5) is 0 Å². The highest BCUT2D eigenvalue weighted by molar-refractivity contribution is 9.11. The molecule has 0 aliphatic rings. The molecule has 1 rings (SSSR count). The fourth-order valence-corrected chi connectivity index (χ4v) is 3.75. The van der Waals surface area contributed by atoms with Crippen molar-refractivity contribution in [1.29, 1.82) is 0 Å². The van der Waals surface area contributed by atoms with Gasteiger partial charge in [-0.1, -0.05) is 15.9 Å². The topological polar surface area (TPSA) is 75.3 Å². The van der Waals surface area contributed by atoms with Gasteiger partial charge in [-0.2, -0.15) is 0 Å². The molecule has 94 valence electrons. The molecule has 0 aliphatic carbocycles. The highest BCUT2D eigenvalue weighted by Gasteiger charge is 2.18. The zero-order valence-corrected chi connectivity index (χ0v) is 12.8. The lowest BCUT2D eigenvalue weighted by molar-refractivity contribution is -0.119. The number of hydrogen-bond donors (Lipinski definition) is 2. The lowest BCUT2D eigenvalue weighted by Crippen LogP contribution is -2.35. The zero-order chi connectivity index (χ0) is 13.1. The van der Waals surface area contributed by atoms with Crippen LogP contribution in [0.25, 0.3) is 0 Å². The van der Waals surface area contributed by atoms with E-state index < -0.39 is 15.9 Å². The number of hydrogen-bond acceptors (Lipinski definition) is 3. The van der Waals surface area contributed by atoms with Crippen LogP contribution in [0.2, 0.25) is 0 Å². The number of likely N-dealkylation sites (N-methyl/N-ethyl adjacent to an activating group) is 1. The molecule has 0 heterocycles. The summed E-state index contributed by atoms with van der Waals surface area (Å²) in [6, 6.07) is 4.67. The Labute approximate surface area is 116 Å². The lowest BCUT2D eigenvalue weighted by Gasteiger charge is -2.08. The van der Waals surface area contributed by atoms with E-state index in [4.69, 9.17) is 0 Å². The van der Waals surface area contributed by atoms with Crippen LogP contribution in [0, 0.1) is 0 Å². The van der Waals surface area contributed by atoms with E-state index in [0.717, 1.165) is 4.47 Å². The first kappa shape index (κ1) is 14.6. The highest BCUT2D eigenvalue weighted by atomic mass is 79.9. The monoisotopic (exact) mass is 384 g/mol. The summed E-state index contributed by atoms with van der Waals surface area (Å²) in [5, 5.41) is 2.33. The van der Waals surface area contributed by atoms with Crippen LogP contribution >= 0.6 is 31.9 Å². The van der Waals surface area contributed by atoms with Gasteiger partial charge in [-0.25, -0.2) is 13.1 Å². The number of amides is 1. The molecular formula is C9H10Br2N2O3S. The molecular weight excluding hydrogens is 376 g/mol. The van der Waals surface area contributed by atoms with E-state index in [1.54, 1.807) is 12.1 Å². The minimum absolute atomic E-state index is 0.0876. The standard InChI is InChI=1S/C9H10Br2N2O3S/c1-12-9(14)5-13-17(15,16)8-3-2-6(10)4-7(8)11/h2-4,13H,5H2,1H3,(H,12,14). The molecule has 0 atom stereocenters. The van der Waals surface area contributed by atoms with Gasteiger partial charge in [0.1, 0.15) is 0 Å². The second-order valence-corrected chi connectivity index (χ2v) is 6.58. The Balaban J connectivity index is 2.94. The molecule has 1 amide bonds. The summed E-state index contributed by atoms with van der Waals surface area (Å²) in [7, 11) is -2.25. The normalized spacial score (nSPS) is 11.2. The summed E-state index contributed by atoms with van der Waals surface area (Å²) < 4.78 is 27.1. The fourth-order valence-electron chi connectivity index (χ4n) is 1.02. The van der Waals surface area contributed by atoms with E-state index in [9.17, 15) is 13.2 Å². The summed E-state index contributed by atoms with van der Waals surface area (Å²) in [4.78, 5) is 11.1. The highest BCUT2D eigenvalue weighted by Crippen LogP contribution is 2.25. The number of rotatable bonds is 4. The fraction of sp³-hybridized carbons (Fsp3) is 0.222.